The Morgan fingerprint density at radius 2 is 1.61 bits per heavy atom. The third-order valence-electron chi connectivity index (χ3n) is 4.06. The summed E-state index contributed by atoms with van der Waals surface area (Å²) in [6.45, 7) is 15.1. The lowest BCUT2D eigenvalue weighted by molar-refractivity contribution is -0.151. The van der Waals surface area contributed by atoms with Crippen molar-refractivity contribution >= 4 is 12.0 Å². The zero-order valence-corrected chi connectivity index (χ0v) is 15.8. The van der Waals surface area contributed by atoms with E-state index < -0.39 is 17.7 Å². The molecule has 23 heavy (non-hydrogen) atoms. The summed E-state index contributed by atoms with van der Waals surface area (Å²) in [5.74, 6) is -0.113. The Labute approximate surface area is 140 Å². The largest absolute Gasteiger partial charge is 0.444 e. The van der Waals surface area contributed by atoms with E-state index in [0.29, 0.717) is 0 Å². The third-order valence-corrected chi connectivity index (χ3v) is 4.06. The van der Waals surface area contributed by atoms with Gasteiger partial charge in [-0.15, -0.1) is 0 Å². The Kier molecular flexibility index (Phi) is 5.41. The highest BCUT2D eigenvalue weighted by Gasteiger charge is 2.48. The number of carbonyl (C=O) groups is 2. The van der Waals surface area contributed by atoms with Crippen molar-refractivity contribution in [1.82, 2.24) is 10.2 Å². The molecule has 0 aliphatic carbocycles. The number of nitrogens with two attached hydrogens (primary N) is 1. The maximum Gasteiger partial charge on any atom is 0.408 e. The predicted molar refractivity (Wildman–Crippen MR) is 91.0 cm³/mol. The highest BCUT2D eigenvalue weighted by molar-refractivity contribution is 5.86. The molecule has 1 aliphatic rings. The number of alkyl carbamates (subject to hydrolysis) is 1. The van der Waals surface area contributed by atoms with Crippen LogP contribution < -0.4 is 11.1 Å². The lowest BCUT2D eigenvalue weighted by atomic mass is 9.77. The number of nitrogens with zero attached hydrogens (tertiary/aromatic N) is 1. The molecule has 0 bridgehead atoms. The van der Waals surface area contributed by atoms with Crippen molar-refractivity contribution in [2.45, 2.75) is 97.0 Å². The predicted octanol–water partition coefficient (Wildman–Crippen LogP) is 2.41. The van der Waals surface area contributed by atoms with E-state index in [1.54, 1.807) is 27.7 Å². The SMILES string of the molecule is CC(NC(=O)OC(C)(C)C)C(=O)N1C(C)(C)CC(N)CC1(C)C. The molecular weight excluding hydrogens is 294 g/mol. The van der Waals surface area contributed by atoms with Gasteiger partial charge in [-0.3, -0.25) is 4.79 Å². The van der Waals surface area contributed by atoms with Crippen LogP contribution in [0.3, 0.4) is 0 Å². The van der Waals surface area contributed by atoms with Crippen molar-refractivity contribution in [2.75, 3.05) is 0 Å². The van der Waals surface area contributed by atoms with Crippen LogP contribution in [0.1, 0.15) is 68.2 Å². The van der Waals surface area contributed by atoms with E-state index in [-0.39, 0.29) is 23.0 Å². The zero-order valence-electron chi connectivity index (χ0n) is 15.8. The van der Waals surface area contributed by atoms with E-state index >= 15 is 0 Å². The molecule has 1 fully saturated rings. The van der Waals surface area contributed by atoms with Gasteiger partial charge in [-0.05, 0) is 68.2 Å². The van der Waals surface area contributed by atoms with Gasteiger partial charge in [0, 0.05) is 17.1 Å². The lowest BCUT2D eigenvalue weighted by Crippen LogP contribution is -2.67. The molecule has 0 aromatic heterocycles. The number of carbonyl (C=O) groups excluding carboxylic acids is 2. The van der Waals surface area contributed by atoms with E-state index in [4.69, 9.17) is 10.5 Å². The van der Waals surface area contributed by atoms with Crippen LogP contribution in [-0.2, 0) is 9.53 Å². The summed E-state index contributed by atoms with van der Waals surface area (Å²) in [4.78, 5) is 26.7. The van der Waals surface area contributed by atoms with Crippen LogP contribution in [0.25, 0.3) is 0 Å². The minimum atomic E-state index is -0.655. The van der Waals surface area contributed by atoms with Gasteiger partial charge in [0.05, 0.1) is 0 Å². The smallest absolute Gasteiger partial charge is 0.408 e. The molecule has 0 aromatic carbocycles. The van der Waals surface area contributed by atoms with Crippen LogP contribution in [-0.4, -0.2) is 45.7 Å². The average molecular weight is 327 g/mol. The summed E-state index contributed by atoms with van der Waals surface area (Å²) in [5.41, 5.74) is 4.83. The molecule has 3 N–H and O–H groups in total. The van der Waals surface area contributed by atoms with Crippen LogP contribution in [0.4, 0.5) is 4.79 Å². The Hall–Kier alpha value is -1.30. The Morgan fingerprint density at radius 1 is 1.17 bits per heavy atom. The summed E-state index contributed by atoms with van der Waals surface area (Å²) < 4.78 is 5.23. The Balaban J connectivity index is 2.87. The number of hydrogen-bond donors (Lipinski definition) is 2. The zero-order chi connectivity index (χ0) is 18.2. The Morgan fingerprint density at radius 3 is 2.00 bits per heavy atom. The van der Waals surface area contributed by atoms with Gasteiger partial charge in [0.25, 0.3) is 0 Å². The number of likely N-dealkylation sites (tertiary alicyclic amines) is 1. The first-order valence-electron chi connectivity index (χ1n) is 8.25. The van der Waals surface area contributed by atoms with Gasteiger partial charge in [-0.25, -0.2) is 4.79 Å². The molecule has 0 aromatic rings. The highest BCUT2D eigenvalue weighted by Crippen LogP contribution is 2.38. The molecular formula is C17H33N3O3. The van der Waals surface area contributed by atoms with Crippen molar-refractivity contribution in [3.05, 3.63) is 0 Å². The fourth-order valence-corrected chi connectivity index (χ4v) is 3.69. The van der Waals surface area contributed by atoms with Gasteiger partial charge in [-0.1, -0.05) is 0 Å². The summed E-state index contributed by atoms with van der Waals surface area (Å²) in [7, 11) is 0. The number of nitrogens with one attached hydrogen (secondary N) is 1. The van der Waals surface area contributed by atoms with Crippen LogP contribution in [0.5, 0.6) is 0 Å². The first-order valence-corrected chi connectivity index (χ1v) is 8.25. The summed E-state index contributed by atoms with van der Waals surface area (Å²) in [5, 5.41) is 2.64. The minimum Gasteiger partial charge on any atom is -0.444 e. The number of amides is 2. The van der Waals surface area contributed by atoms with Crippen LogP contribution in [0.2, 0.25) is 0 Å². The molecule has 1 unspecified atom stereocenters. The fourth-order valence-electron chi connectivity index (χ4n) is 3.69. The van der Waals surface area contributed by atoms with Gasteiger partial charge < -0.3 is 20.7 Å². The molecule has 2 amide bonds. The molecule has 1 saturated heterocycles. The second kappa shape index (κ2) is 6.30. The second-order valence-electron chi connectivity index (χ2n) is 8.83. The average Bonchev–Trinajstić information content (AvgIpc) is 2.20. The highest BCUT2D eigenvalue weighted by atomic mass is 16.6. The van der Waals surface area contributed by atoms with Gasteiger partial charge in [0.1, 0.15) is 11.6 Å². The number of ether oxygens (including phenoxy) is 1. The van der Waals surface area contributed by atoms with Crippen LogP contribution in [0.15, 0.2) is 0 Å². The van der Waals surface area contributed by atoms with E-state index in [2.05, 4.69) is 5.32 Å². The normalized spacial score (nSPS) is 22.4. The van der Waals surface area contributed by atoms with Crippen LogP contribution >= 0.6 is 0 Å². The molecule has 1 rings (SSSR count). The molecule has 0 radical (unpaired) electrons. The van der Waals surface area contributed by atoms with Crippen molar-refractivity contribution in [2.24, 2.45) is 5.73 Å². The maximum atomic E-state index is 13.0. The first kappa shape index (κ1) is 19.7. The van der Waals surface area contributed by atoms with E-state index in [9.17, 15) is 9.59 Å². The number of rotatable bonds is 2. The molecule has 6 heteroatoms. The summed E-state index contributed by atoms with van der Waals surface area (Å²) in [6.07, 6.45) is 0.894. The third kappa shape index (κ3) is 5.09. The van der Waals surface area contributed by atoms with Crippen LogP contribution in [0, 0.1) is 0 Å². The lowest BCUT2D eigenvalue weighted by Gasteiger charge is -2.55. The topological polar surface area (TPSA) is 84.7 Å². The molecule has 1 heterocycles. The standard InChI is InChI=1S/C17H33N3O3/c1-11(19-14(22)23-15(2,3)4)13(21)20-16(5,6)9-12(18)10-17(20,7)8/h11-12H,9-10,18H2,1-8H3,(H,19,22). The molecule has 1 aliphatic heterocycles. The molecule has 134 valence electrons. The molecule has 6 nitrogen and oxygen atoms in total. The van der Waals surface area contributed by atoms with Gasteiger partial charge >= 0.3 is 6.09 Å². The first-order chi connectivity index (χ1) is 10.2. The molecule has 0 saturated carbocycles. The summed E-state index contributed by atoms with van der Waals surface area (Å²) in [6, 6.07) is -0.587. The number of hydrogen-bond acceptors (Lipinski definition) is 4. The second-order valence-corrected chi connectivity index (χ2v) is 8.83. The maximum absolute atomic E-state index is 13.0. The van der Waals surface area contributed by atoms with Crippen molar-refractivity contribution in [1.29, 1.82) is 0 Å². The summed E-state index contributed by atoms with van der Waals surface area (Å²) >= 11 is 0. The van der Waals surface area contributed by atoms with Crippen molar-refractivity contribution in [3.63, 3.8) is 0 Å². The van der Waals surface area contributed by atoms with Crippen molar-refractivity contribution in [3.8, 4) is 0 Å². The van der Waals surface area contributed by atoms with Gasteiger partial charge in [0.15, 0.2) is 0 Å². The number of piperidine rings is 1. The Bertz CT molecular complexity index is 448. The van der Waals surface area contributed by atoms with E-state index in [1.165, 1.54) is 0 Å². The van der Waals surface area contributed by atoms with E-state index in [1.807, 2.05) is 32.6 Å². The quantitative estimate of drug-likeness (QED) is 0.815. The minimum absolute atomic E-state index is 0.0678. The monoisotopic (exact) mass is 327 g/mol. The van der Waals surface area contributed by atoms with Gasteiger partial charge in [0.2, 0.25) is 5.91 Å². The van der Waals surface area contributed by atoms with Crippen molar-refractivity contribution < 1.29 is 14.3 Å². The van der Waals surface area contributed by atoms with E-state index in [0.717, 1.165) is 12.8 Å². The van der Waals surface area contributed by atoms with Gasteiger partial charge in [-0.2, -0.15) is 0 Å². The fraction of sp³-hybridized carbons (Fsp3) is 0.882. The molecule has 0 spiro atoms. The molecule has 1 atom stereocenters.